The number of pyridine rings is 3. The molecule has 10 heteroatoms. The molecule has 0 aliphatic rings. The highest BCUT2D eigenvalue weighted by Gasteiger charge is 2.24. The van der Waals surface area contributed by atoms with Crippen LogP contribution in [0.4, 0.5) is 15.0 Å². The van der Waals surface area contributed by atoms with E-state index in [1.165, 1.54) is 10.6 Å². The molecule has 4 aromatic rings. The molecule has 0 saturated carbocycles. The molecule has 0 saturated heterocycles. The van der Waals surface area contributed by atoms with Crippen LogP contribution in [0, 0.1) is 16.1 Å². The van der Waals surface area contributed by atoms with E-state index in [0.717, 1.165) is 6.07 Å². The molecule has 0 aromatic carbocycles. The van der Waals surface area contributed by atoms with Gasteiger partial charge in [-0.3, -0.25) is 4.98 Å². The Kier molecular flexibility index (Phi) is 4.41. The minimum Gasteiger partial charge on any atom is -0.443 e. The van der Waals surface area contributed by atoms with Gasteiger partial charge in [0.25, 0.3) is 0 Å². The fourth-order valence-electron chi connectivity index (χ4n) is 3.09. The number of carbonyl (C=O) groups excluding carboxylic acids is 1. The standard InChI is InChI=1S/C20H16FN5O4/c1-20(2,3)30-19(27)25-15-8-9-22-10-13(15)11-4-6-14(23-18(11)25)12-5-7-16(26(28)29)24-17(12)21/h4-10H,1-3H3. The number of halogens is 1. The van der Waals surface area contributed by atoms with Crippen molar-refractivity contribution in [3.05, 3.63) is 58.8 Å². The lowest BCUT2D eigenvalue weighted by molar-refractivity contribution is -0.389. The first kappa shape index (κ1) is 19.4. The van der Waals surface area contributed by atoms with Crippen LogP contribution in [0.2, 0.25) is 0 Å². The lowest BCUT2D eigenvalue weighted by Crippen LogP contribution is -2.27. The van der Waals surface area contributed by atoms with Gasteiger partial charge in [0.2, 0.25) is 0 Å². The van der Waals surface area contributed by atoms with Crippen LogP contribution in [-0.2, 0) is 4.74 Å². The second kappa shape index (κ2) is 6.83. The number of hydrogen-bond acceptors (Lipinski definition) is 7. The van der Waals surface area contributed by atoms with Gasteiger partial charge in [-0.25, -0.2) is 14.3 Å². The van der Waals surface area contributed by atoms with Gasteiger partial charge in [0.15, 0.2) is 5.65 Å². The molecule has 4 heterocycles. The predicted molar refractivity (Wildman–Crippen MR) is 107 cm³/mol. The van der Waals surface area contributed by atoms with Crippen molar-refractivity contribution in [1.29, 1.82) is 0 Å². The van der Waals surface area contributed by atoms with Crippen LogP contribution in [0.5, 0.6) is 0 Å². The molecule has 0 unspecified atom stereocenters. The van der Waals surface area contributed by atoms with Gasteiger partial charge >= 0.3 is 17.9 Å². The molecule has 0 spiro atoms. The number of carbonyl (C=O) groups is 1. The van der Waals surface area contributed by atoms with Crippen LogP contribution in [0.1, 0.15) is 20.8 Å². The number of hydrogen-bond donors (Lipinski definition) is 0. The zero-order valence-corrected chi connectivity index (χ0v) is 16.3. The third-order valence-corrected chi connectivity index (χ3v) is 4.29. The van der Waals surface area contributed by atoms with Gasteiger partial charge in [-0.05, 0) is 54.9 Å². The Morgan fingerprint density at radius 1 is 1.13 bits per heavy atom. The Morgan fingerprint density at radius 3 is 2.57 bits per heavy atom. The van der Waals surface area contributed by atoms with Crippen molar-refractivity contribution >= 4 is 33.8 Å². The van der Waals surface area contributed by atoms with Crippen LogP contribution in [0.15, 0.2) is 42.7 Å². The van der Waals surface area contributed by atoms with E-state index in [1.54, 1.807) is 51.4 Å². The van der Waals surface area contributed by atoms with Gasteiger partial charge in [-0.1, -0.05) is 0 Å². The van der Waals surface area contributed by atoms with E-state index in [1.807, 2.05) is 0 Å². The molecule has 0 aliphatic carbocycles. The second-order valence-electron chi connectivity index (χ2n) is 7.54. The van der Waals surface area contributed by atoms with Gasteiger partial charge in [0.05, 0.1) is 16.8 Å². The summed E-state index contributed by atoms with van der Waals surface area (Å²) < 4.78 is 21.2. The summed E-state index contributed by atoms with van der Waals surface area (Å²) in [6, 6.07) is 7.23. The summed E-state index contributed by atoms with van der Waals surface area (Å²) >= 11 is 0. The molecule has 0 amide bonds. The third-order valence-electron chi connectivity index (χ3n) is 4.29. The van der Waals surface area contributed by atoms with E-state index < -0.39 is 28.4 Å². The molecule has 9 nitrogen and oxygen atoms in total. The molecule has 0 aliphatic heterocycles. The van der Waals surface area contributed by atoms with Crippen LogP contribution in [0.25, 0.3) is 33.2 Å². The van der Waals surface area contributed by atoms with Crippen molar-refractivity contribution in [1.82, 2.24) is 19.5 Å². The minimum atomic E-state index is -1.03. The van der Waals surface area contributed by atoms with Crippen molar-refractivity contribution in [3.63, 3.8) is 0 Å². The van der Waals surface area contributed by atoms with Gasteiger partial charge < -0.3 is 14.9 Å². The molecule has 0 atom stereocenters. The third kappa shape index (κ3) is 3.32. The van der Waals surface area contributed by atoms with Crippen molar-refractivity contribution < 1.29 is 18.8 Å². The zero-order valence-electron chi connectivity index (χ0n) is 16.3. The molecule has 0 fully saturated rings. The smallest absolute Gasteiger partial charge is 0.420 e. The summed E-state index contributed by atoms with van der Waals surface area (Å²) in [4.78, 5) is 34.9. The lowest BCUT2D eigenvalue weighted by Gasteiger charge is -2.20. The summed E-state index contributed by atoms with van der Waals surface area (Å²) in [6.45, 7) is 5.24. The Bertz CT molecular complexity index is 1330. The van der Waals surface area contributed by atoms with E-state index in [-0.39, 0.29) is 16.9 Å². The first-order valence-corrected chi connectivity index (χ1v) is 8.95. The highest BCUT2D eigenvalue weighted by atomic mass is 19.1. The number of fused-ring (bicyclic) bond motifs is 3. The minimum absolute atomic E-state index is 0.0263. The van der Waals surface area contributed by atoms with E-state index in [2.05, 4.69) is 15.0 Å². The largest absolute Gasteiger partial charge is 0.443 e. The van der Waals surface area contributed by atoms with E-state index >= 15 is 0 Å². The molecule has 0 N–H and O–H groups in total. The Balaban J connectivity index is 1.94. The summed E-state index contributed by atoms with van der Waals surface area (Å²) in [7, 11) is 0. The summed E-state index contributed by atoms with van der Waals surface area (Å²) in [5.74, 6) is -1.64. The first-order valence-electron chi connectivity index (χ1n) is 8.95. The fraction of sp³-hybridized carbons (Fsp3) is 0.200. The summed E-state index contributed by atoms with van der Waals surface area (Å²) in [5, 5.41) is 12.1. The van der Waals surface area contributed by atoms with Gasteiger partial charge in [0.1, 0.15) is 5.60 Å². The maximum Gasteiger partial charge on any atom is 0.420 e. The molecule has 4 rings (SSSR count). The molecule has 152 valence electrons. The van der Waals surface area contributed by atoms with Crippen LogP contribution in [0.3, 0.4) is 0 Å². The molecular formula is C20H16FN5O4. The molecule has 30 heavy (non-hydrogen) atoms. The normalized spacial score (nSPS) is 11.7. The van der Waals surface area contributed by atoms with Gasteiger partial charge in [-0.15, -0.1) is 0 Å². The highest BCUT2D eigenvalue weighted by molar-refractivity contribution is 6.11. The highest BCUT2D eigenvalue weighted by Crippen LogP contribution is 2.31. The van der Waals surface area contributed by atoms with Crippen molar-refractivity contribution in [3.8, 4) is 11.3 Å². The maximum atomic E-state index is 14.4. The van der Waals surface area contributed by atoms with E-state index in [4.69, 9.17) is 4.74 Å². The van der Waals surface area contributed by atoms with Crippen molar-refractivity contribution in [2.45, 2.75) is 26.4 Å². The van der Waals surface area contributed by atoms with Crippen LogP contribution >= 0.6 is 0 Å². The zero-order chi connectivity index (χ0) is 21.6. The summed E-state index contributed by atoms with van der Waals surface area (Å²) in [5.41, 5.74) is 0.201. The quantitative estimate of drug-likeness (QED) is 0.272. The Hall–Kier alpha value is -3.95. The lowest BCUT2D eigenvalue weighted by atomic mass is 10.1. The SMILES string of the molecule is CC(C)(C)OC(=O)n1c2ccncc2c2ccc(-c3ccc([N+](=O)[O-])nc3F)nc21. The topological polar surface area (TPSA) is 113 Å². The fourth-order valence-corrected chi connectivity index (χ4v) is 3.09. The monoisotopic (exact) mass is 409 g/mol. The Labute approximate surface area is 169 Å². The second-order valence-corrected chi connectivity index (χ2v) is 7.54. The average molecular weight is 409 g/mol. The molecular weight excluding hydrogens is 393 g/mol. The number of rotatable bonds is 2. The first-order chi connectivity index (χ1) is 14.2. The van der Waals surface area contributed by atoms with Crippen molar-refractivity contribution in [2.75, 3.05) is 0 Å². The van der Waals surface area contributed by atoms with E-state index in [0.29, 0.717) is 16.3 Å². The number of ether oxygens (including phenoxy) is 1. The number of nitrogens with zero attached hydrogens (tertiary/aromatic N) is 5. The van der Waals surface area contributed by atoms with E-state index in [9.17, 15) is 19.3 Å². The van der Waals surface area contributed by atoms with Crippen LogP contribution < -0.4 is 0 Å². The van der Waals surface area contributed by atoms with Gasteiger partial charge in [0, 0.05) is 29.2 Å². The van der Waals surface area contributed by atoms with Crippen LogP contribution in [-0.4, -0.2) is 36.1 Å². The molecule has 0 bridgehead atoms. The Morgan fingerprint density at radius 2 is 1.90 bits per heavy atom. The molecule has 0 radical (unpaired) electrons. The maximum absolute atomic E-state index is 14.4. The average Bonchev–Trinajstić information content (AvgIpc) is 3.00. The van der Waals surface area contributed by atoms with Crippen molar-refractivity contribution in [2.24, 2.45) is 0 Å². The number of aromatic nitrogens is 4. The molecule has 4 aromatic heterocycles. The van der Waals surface area contributed by atoms with Gasteiger partial charge in [-0.2, -0.15) is 4.39 Å². The predicted octanol–water partition coefficient (Wildman–Crippen LogP) is 4.48. The number of nitro groups is 1. The summed E-state index contributed by atoms with van der Waals surface area (Å²) in [6.07, 6.45) is 2.51.